The number of carbonyl (C=O) groups is 2. The van der Waals surface area contributed by atoms with E-state index in [-0.39, 0.29) is 6.42 Å². The van der Waals surface area contributed by atoms with Crippen molar-refractivity contribution in [3.63, 3.8) is 0 Å². The standard InChI is InChI=1S/C16H30O4/c1-4-6-7-8-9-11-19-15(17)13-16(18)20-12-10-14(3)5-2/h14H,4-13H2,1-3H3. The van der Waals surface area contributed by atoms with Crippen molar-refractivity contribution in [2.45, 2.75) is 72.1 Å². The summed E-state index contributed by atoms with van der Waals surface area (Å²) in [6.07, 6.45) is 7.17. The number of hydrogen-bond donors (Lipinski definition) is 0. The highest BCUT2D eigenvalue weighted by molar-refractivity contribution is 5.91. The van der Waals surface area contributed by atoms with E-state index in [2.05, 4.69) is 20.8 Å². The lowest BCUT2D eigenvalue weighted by Gasteiger charge is -2.09. The molecule has 0 saturated heterocycles. The van der Waals surface area contributed by atoms with Gasteiger partial charge in [-0.25, -0.2) is 0 Å². The Hall–Kier alpha value is -1.06. The van der Waals surface area contributed by atoms with Gasteiger partial charge >= 0.3 is 11.9 Å². The van der Waals surface area contributed by atoms with Crippen molar-refractivity contribution in [1.82, 2.24) is 0 Å². The van der Waals surface area contributed by atoms with Crippen molar-refractivity contribution in [3.05, 3.63) is 0 Å². The summed E-state index contributed by atoms with van der Waals surface area (Å²) < 4.78 is 10.0. The van der Waals surface area contributed by atoms with Crippen LogP contribution in [0.4, 0.5) is 0 Å². The minimum absolute atomic E-state index is 0.268. The lowest BCUT2D eigenvalue weighted by Crippen LogP contribution is -2.15. The van der Waals surface area contributed by atoms with Gasteiger partial charge < -0.3 is 9.47 Å². The molecule has 0 rings (SSSR count). The van der Waals surface area contributed by atoms with Gasteiger partial charge in [0.1, 0.15) is 6.42 Å². The molecule has 0 spiro atoms. The molecule has 0 aliphatic carbocycles. The van der Waals surface area contributed by atoms with Gasteiger partial charge in [0.2, 0.25) is 0 Å². The van der Waals surface area contributed by atoms with Crippen molar-refractivity contribution >= 4 is 11.9 Å². The topological polar surface area (TPSA) is 52.6 Å². The first-order chi connectivity index (χ1) is 9.60. The van der Waals surface area contributed by atoms with Crippen LogP contribution in [0.2, 0.25) is 0 Å². The highest BCUT2D eigenvalue weighted by Gasteiger charge is 2.12. The first-order valence-electron chi connectivity index (χ1n) is 7.91. The maximum atomic E-state index is 11.4. The number of hydrogen-bond acceptors (Lipinski definition) is 4. The third-order valence-corrected chi connectivity index (χ3v) is 3.37. The van der Waals surface area contributed by atoms with E-state index >= 15 is 0 Å². The predicted molar refractivity (Wildman–Crippen MR) is 79.4 cm³/mol. The van der Waals surface area contributed by atoms with Crippen LogP contribution in [0.5, 0.6) is 0 Å². The summed E-state index contributed by atoms with van der Waals surface area (Å²) in [4.78, 5) is 22.7. The third kappa shape index (κ3) is 12.0. The van der Waals surface area contributed by atoms with Gasteiger partial charge in [0.15, 0.2) is 0 Å². The second-order valence-electron chi connectivity index (χ2n) is 5.33. The fourth-order valence-electron chi connectivity index (χ4n) is 1.69. The van der Waals surface area contributed by atoms with Gasteiger partial charge in [-0.05, 0) is 18.8 Å². The Kier molecular flexibility index (Phi) is 12.3. The fraction of sp³-hybridized carbons (Fsp3) is 0.875. The molecule has 4 heteroatoms. The van der Waals surface area contributed by atoms with Gasteiger partial charge in [-0.2, -0.15) is 0 Å². The van der Waals surface area contributed by atoms with Gasteiger partial charge in [0.25, 0.3) is 0 Å². The maximum Gasteiger partial charge on any atom is 0.317 e. The van der Waals surface area contributed by atoms with Crippen molar-refractivity contribution in [2.24, 2.45) is 5.92 Å². The van der Waals surface area contributed by atoms with E-state index in [0.717, 1.165) is 25.7 Å². The zero-order valence-electron chi connectivity index (χ0n) is 13.3. The Morgan fingerprint density at radius 2 is 1.50 bits per heavy atom. The number of carbonyl (C=O) groups excluding carboxylic acids is 2. The normalized spacial score (nSPS) is 11.9. The smallest absolute Gasteiger partial charge is 0.317 e. The summed E-state index contributed by atoms with van der Waals surface area (Å²) in [6, 6.07) is 0. The molecule has 0 heterocycles. The summed E-state index contributed by atoms with van der Waals surface area (Å²) >= 11 is 0. The quantitative estimate of drug-likeness (QED) is 0.310. The minimum Gasteiger partial charge on any atom is -0.465 e. The van der Waals surface area contributed by atoms with E-state index in [1.54, 1.807) is 0 Å². The molecular weight excluding hydrogens is 256 g/mol. The van der Waals surface area contributed by atoms with Crippen LogP contribution >= 0.6 is 0 Å². The summed E-state index contributed by atoms with van der Waals surface area (Å²) in [7, 11) is 0. The van der Waals surface area contributed by atoms with Crippen molar-refractivity contribution in [2.75, 3.05) is 13.2 Å². The van der Waals surface area contributed by atoms with E-state index in [0.29, 0.717) is 19.1 Å². The Labute approximate surface area is 123 Å². The van der Waals surface area contributed by atoms with Crippen LogP contribution in [0.25, 0.3) is 0 Å². The number of ether oxygens (including phenoxy) is 2. The van der Waals surface area contributed by atoms with Crippen LogP contribution in [0.15, 0.2) is 0 Å². The third-order valence-electron chi connectivity index (χ3n) is 3.37. The molecule has 0 aromatic carbocycles. The molecule has 1 unspecified atom stereocenters. The van der Waals surface area contributed by atoms with Crippen LogP contribution in [0.1, 0.15) is 72.1 Å². The molecule has 0 amide bonds. The zero-order chi connectivity index (χ0) is 15.2. The Morgan fingerprint density at radius 1 is 0.900 bits per heavy atom. The van der Waals surface area contributed by atoms with Crippen molar-refractivity contribution in [3.8, 4) is 0 Å². The first-order valence-corrected chi connectivity index (χ1v) is 7.91. The number of unbranched alkanes of at least 4 members (excludes halogenated alkanes) is 4. The van der Waals surface area contributed by atoms with Gasteiger partial charge in [0.05, 0.1) is 13.2 Å². The largest absolute Gasteiger partial charge is 0.465 e. The van der Waals surface area contributed by atoms with E-state index in [9.17, 15) is 9.59 Å². The molecule has 0 aliphatic rings. The molecule has 1 atom stereocenters. The van der Waals surface area contributed by atoms with E-state index in [4.69, 9.17) is 9.47 Å². The SMILES string of the molecule is CCCCCCCOC(=O)CC(=O)OCCC(C)CC. The predicted octanol–water partition coefficient (Wildman–Crippen LogP) is 3.87. The van der Waals surface area contributed by atoms with Crippen molar-refractivity contribution in [1.29, 1.82) is 0 Å². The second-order valence-corrected chi connectivity index (χ2v) is 5.33. The summed E-state index contributed by atoms with van der Waals surface area (Å²) in [6.45, 7) is 7.17. The monoisotopic (exact) mass is 286 g/mol. The first kappa shape index (κ1) is 18.9. The Morgan fingerprint density at radius 3 is 2.10 bits per heavy atom. The number of esters is 2. The van der Waals surface area contributed by atoms with Crippen LogP contribution in [-0.2, 0) is 19.1 Å². The molecule has 0 aromatic heterocycles. The lowest BCUT2D eigenvalue weighted by molar-refractivity contribution is -0.154. The molecule has 0 aromatic rings. The van der Waals surface area contributed by atoms with Crippen molar-refractivity contribution < 1.29 is 19.1 Å². The second kappa shape index (κ2) is 12.9. The van der Waals surface area contributed by atoms with E-state index in [1.807, 2.05) is 0 Å². The Balaban J connectivity index is 3.48. The highest BCUT2D eigenvalue weighted by atomic mass is 16.6. The van der Waals surface area contributed by atoms with Gasteiger partial charge in [0, 0.05) is 0 Å². The molecule has 0 saturated carbocycles. The number of rotatable bonds is 12. The van der Waals surface area contributed by atoms with Gasteiger partial charge in [-0.3, -0.25) is 9.59 Å². The van der Waals surface area contributed by atoms with Crippen LogP contribution in [-0.4, -0.2) is 25.2 Å². The zero-order valence-corrected chi connectivity index (χ0v) is 13.3. The molecule has 118 valence electrons. The van der Waals surface area contributed by atoms with E-state index in [1.165, 1.54) is 19.3 Å². The molecule has 0 bridgehead atoms. The minimum atomic E-state index is -0.482. The van der Waals surface area contributed by atoms with Gasteiger partial charge in [-0.1, -0.05) is 52.9 Å². The summed E-state index contributed by atoms with van der Waals surface area (Å²) in [5, 5.41) is 0. The highest BCUT2D eigenvalue weighted by Crippen LogP contribution is 2.06. The maximum absolute atomic E-state index is 11.4. The Bertz CT molecular complexity index is 263. The van der Waals surface area contributed by atoms with E-state index < -0.39 is 11.9 Å². The molecule has 0 radical (unpaired) electrons. The summed E-state index contributed by atoms with van der Waals surface area (Å²) in [5.74, 6) is -0.420. The molecular formula is C16H30O4. The molecule has 4 nitrogen and oxygen atoms in total. The average Bonchev–Trinajstić information content (AvgIpc) is 2.42. The molecule has 20 heavy (non-hydrogen) atoms. The van der Waals surface area contributed by atoms with Crippen LogP contribution in [0, 0.1) is 5.92 Å². The fourth-order valence-corrected chi connectivity index (χ4v) is 1.69. The molecule has 0 N–H and O–H groups in total. The molecule has 0 aliphatic heterocycles. The van der Waals surface area contributed by atoms with Crippen LogP contribution < -0.4 is 0 Å². The summed E-state index contributed by atoms with van der Waals surface area (Å²) in [5.41, 5.74) is 0. The molecule has 0 fully saturated rings. The van der Waals surface area contributed by atoms with Gasteiger partial charge in [-0.15, -0.1) is 0 Å². The van der Waals surface area contributed by atoms with Crippen LogP contribution in [0.3, 0.4) is 0 Å². The lowest BCUT2D eigenvalue weighted by atomic mass is 10.1. The average molecular weight is 286 g/mol.